The summed E-state index contributed by atoms with van der Waals surface area (Å²) in [4.78, 5) is 0. The Morgan fingerprint density at radius 3 is 1.35 bits per heavy atom. The summed E-state index contributed by atoms with van der Waals surface area (Å²) in [5.74, 6) is 0. The largest absolute Gasteiger partial charge is 0.427 e. The Bertz CT molecular complexity index is 215. The predicted octanol–water partition coefficient (Wildman–Crippen LogP) is 0.803. The van der Waals surface area contributed by atoms with Crippen LogP contribution in [0.1, 0.15) is 40.5 Å². The van der Waals surface area contributed by atoms with Gasteiger partial charge in [-0.2, -0.15) is 0 Å². The van der Waals surface area contributed by atoms with Crippen molar-refractivity contribution in [3.63, 3.8) is 0 Å². The molecule has 0 saturated heterocycles. The first-order chi connectivity index (χ1) is 9.33. The number of hydrogen-bond donors (Lipinski definition) is 2. The zero-order valence-electron chi connectivity index (χ0n) is 14.5. The Morgan fingerprint density at radius 2 is 1.05 bits per heavy atom. The average Bonchev–Trinajstić information content (AvgIpc) is 2.32. The summed E-state index contributed by atoms with van der Waals surface area (Å²) in [6, 6.07) is 0. The first-order valence-electron chi connectivity index (χ1n) is 7.72. The zero-order valence-corrected chi connectivity index (χ0v) is 17.3. The molecule has 4 nitrogen and oxygen atoms in total. The standard InChI is InChI=1S/C14H36N2O2Si2/c1-13(2,19-17-5)7-9-15-11-12-16-10-8-14(3,4)20-18-6/h15-16H,7-12,19-20H2,1-6H3. The number of rotatable bonds is 13. The summed E-state index contributed by atoms with van der Waals surface area (Å²) >= 11 is 0. The van der Waals surface area contributed by atoms with Gasteiger partial charge < -0.3 is 19.5 Å². The molecule has 122 valence electrons. The molecule has 0 radical (unpaired) electrons. The monoisotopic (exact) mass is 320 g/mol. The Hall–Kier alpha value is 0.274. The van der Waals surface area contributed by atoms with Gasteiger partial charge in [0.2, 0.25) is 0 Å². The molecule has 0 aromatic carbocycles. The fourth-order valence-corrected chi connectivity index (χ4v) is 4.41. The molecule has 0 aliphatic heterocycles. The predicted molar refractivity (Wildman–Crippen MR) is 94.2 cm³/mol. The van der Waals surface area contributed by atoms with Crippen molar-refractivity contribution < 1.29 is 8.85 Å². The van der Waals surface area contributed by atoms with Crippen LogP contribution in [0.25, 0.3) is 0 Å². The van der Waals surface area contributed by atoms with Crippen LogP contribution in [0.4, 0.5) is 0 Å². The molecule has 0 aromatic heterocycles. The van der Waals surface area contributed by atoms with Gasteiger partial charge >= 0.3 is 0 Å². The highest BCUT2D eigenvalue weighted by Gasteiger charge is 2.18. The van der Waals surface area contributed by atoms with E-state index in [0.717, 1.165) is 26.2 Å². The van der Waals surface area contributed by atoms with Crippen LogP contribution in [0, 0.1) is 0 Å². The van der Waals surface area contributed by atoms with Crippen molar-refractivity contribution in [2.75, 3.05) is 40.4 Å². The van der Waals surface area contributed by atoms with Crippen LogP contribution >= 0.6 is 0 Å². The summed E-state index contributed by atoms with van der Waals surface area (Å²) in [5, 5.41) is 7.84. The van der Waals surface area contributed by atoms with Gasteiger partial charge in [0.15, 0.2) is 19.5 Å². The SMILES string of the molecule is CO[SiH2]C(C)(C)CCNCCNCCC(C)(C)[SiH2]OC. The second kappa shape index (κ2) is 10.9. The summed E-state index contributed by atoms with van der Waals surface area (Å²) in [6.45, 7) is 13.5. The average molecular weight is 321 g/mol. The molecular formula is C14H36N2O2Si2. The van der Waals surface area contributed by atoms with E-state index in [1.807, 2.05) is 14.2 Å². The van der Waals surface area contributed by atoms with Gasteiger partial charge in [-0.3, -0.25) is 0 Å². The quantitative estimate of drug-likeness (QED) is 0.389. The molecular weight excluding hydrogens is 284 g/mol. The topological polar surface area (TPSA) is 42.5 Å². The highest BCUT2D eigenvalue weighted by Crippen LogP contribution is 2.27. The van der Waals surface area contributed by atoms with Gasteiger partial charge in [-0.05, 0) is 36.0 Å². The van der Waals surface area contributed by atoms with E-state index in [1.165, 1.54) is 12.8 Å². The van der Waals surface area contributed by atoms with Crippen molar-refractivity contribution in [2.24, 2.45) is 0 Å². The zero-order chi connectivity index (χ0) is 15.5. The van der Waals surface area contributed by atoms with Crippen molar-refractivity contribution in [3.05, 3.63) is 0 Å². The van der Waals surface area contributed by atoms with Gasteiger partial charge in [0.05, 0.1) is 0 Å². The lowest BCUT2D eigenvalue weighted by molar-refractivity contribution is 0.396. The minimum absolute atomic E-state index is 0.383. The molecule has 2 N–H and O–H groups in total. The summed E-state index contributed by atoms with van der Waals surface area (Å²) in [5.41, 5.74) is 0. The fraction of sp³-hybridized carbons (Fsp3) is 1.00. The minimum atomic E-state index is -0.383. The van der Waals surface area contributed by atoms with Crippen molar-refractivity contribution in [1.82, 2.24) is 10.6 Å². The first-order valence-corrected chi connectivity index (χ1v) is 10.3. The van der Waals surface area contributed by atoms with E-state index in [1.54, 1.807) is 0 Å². The molecule has 0 amide bonds. The van der Waals surface area contributed by atoms with E-state index in [-0.39, 0.29) is 19.5 Å². The molecule has 0 unspecified atom stereocenters. The maximum atomic E-state index is 5.36. The third-order valence-corrected chi connectivity index (χ3v) is 6.35. The Kier molecular flexibility index (Phi) is 11.1. The Labute approximate surface area is 130 Å². The normalized spacial score (nSPS) is 14.1. The maximum Gasteiger partial charge on any atom is 0.166 e. The molecule has 6 heteroatoms. The lowest BCUT2D eigenvalue weighted by atomic mass is 10.1. The van der Waals surface area contributed by atoms with E-state index < -0.39 is 0 Å². The molecule has 0 saturated carbocycles. The summed E-state index contributed by atoms with van der Waals surface area (Å²) in [6.07, 6.45) is 2.42. The highest BCUT2D eigenvalue weighted by molar-refractivity contribution is 6.32. The van der Waals surface area contributed by atoms with Gasteiger partial charge in [-0.25, -0.2) is 0 Å². The maximum absolute atomic E-state index is 5.36. The smallest absolute Gasteiger partial charge is 0.166 e. The van der Waals surface area contributed by atoms with Crippen LogP contribution in [0.2, 0.25) is 10.1 Å². The van der Waals surface area contributed by atoms with Crippen molar-refractivity contribution >= 4 is 19.5 Å². The number of nitrogens with one attached hydrogen (secondary N) is 2. The minimum Gasteiger partial charge on any atom is -0.427 e. The molecule has 0 rings (SSSR count). The molecule has 0 spiro atoms. The Morgan fingerprint density at radius 1 is 0.700 bits per heavy atom. The van der Waals surface area contributed by atoms with Gasteiger partial charge in [-0.1, -0.05) is 27.7 Å². The third-order valence-electron chi connectivity index (χ3n) is 3.51. The summed E-state index contributed by atoms with van der Waals surface area (Å²) < 4.78 is 10.7. The molecule has 0 atom stereocenters. The molecule has 0 aliphatic carbocycles. The van der Waals surface area contributed by atoms with E-state index in [9.17, 15) is 0 Å². The first kappa shape index (κ1) is 20.3. The molecule has 0 aromatic rings. The van der Waals surface area contributed by atoms with Crippen molar-refractivity contribution in [2.45, 2.75) is 50.6 Å². The van der Waals surface area contributed by atoms with Gasteiger partial charge in [0, 0.05) is 27.3 Å². The van der Waals surface area contributed by atoms with E-state index in [0.29, 0.717) is 10.1 Å². The molecule has 0 fully saturated rings. The lowest BCUT2D eigenvalue weighted by Gasteiger charge is -2.23. The lowest BCUT2D eigenvalue weighted by Crippen LogP contribution is -2.31. The van der Waals surface area contributed by atoms with Crippen LogP contribution in [0.3, 0.4) is 0 Å². The van der Waals surface area contributed by atoms with E-state index in [4.69, 9.17) is 8.85 Å². The highest BCUT2D eigenvalue weighted by atomic mass is 28.2. The van der Waals surface area contributed by atoms with Crippen LogP contribution in [0.15, 0.2) is 0 Å². The summed E-state index contributed by atoms with van der Waals surface area (Å²) in [7, 11) is 2.90. The van der Waals surface area contributed by atoms with Crippen molar-refractivity contribution in [3.8, 4) is 0 Å². The molecule has 0 heterocycles. The van der Waals surface area contributed by atoms with Crippen LogP contribution in [0.5, 0.6) is 0 Å². The second-order valence-corrected chi connectivity index (χ2v) is 12.8. The third kappa shape index (κ3) is 12.0. The van der Waals surface area contributed by atoms with Crippen molar-refractivity contribution in [1.29, 1.82) is 0 Å². The van der Waals surface area contributed by atoms with Gasteiger partial charge in [-0.15, -0.1) is 0 Å². The molecule has 20 heavy (non-hydrogen) atoms. The van der Waals surface area contributed by atoms with Gasteiger partial charge in [0.25, 0.3) is 0 Å². The second-order valence-electron chi connectivity index (χ2n) is 7.19. The fourth-order valence-electron chi connectivity index (χ4n) is 2.21. The van der Waals surface area contributed by atoms with Crippen LogP contribution in [-0.2, 0) is 8.85 Å². The van der Waals surface area contributed by atoms with E-state index in [2.05, 4.69) is 38.3 Å². The Balaban J connectivity index is 3.41. The van der Waals surface area contributed by atoms with E-state index >= 15 is 0 Å². The van der Waals surface area contributed by atoms with Crippen LogP contribution < -0.4 is 10.6 Å². The van der Waals surface area contributed by atoms with Crippen LogP contribution in [-0.4, -0.2) is 59.9 Å². The van der Waals surface area contributed by atoms with Gasteiger partial charge in [0.1, 0.15) is 0 Å². The number of hydrogen-bond acceptors (Lipinski definition) is 4. The molecule has 0 bridgehead atoms. The molecule has 0 aliphatic rings.